The van der Waals surface area contributed by atoms with Gasteiger partial charge >= 0.3 is 5.97 Å². The lowest BCUT2D eigenvalue weighted by Gasteiger charge is -2.09. The molecule has 0 fully saturated rings. The minimum absolute atomic E-state index is 0.174. The minimum atomic E-state index is -0.900. The van der Waals surface area contributed by atoms with Crippen molar-refractivity contribution >= 4 is 28.6 Å². The second-order valence-corrected chi connectivity index (χ2v) is 4.71. The van der Waals surface area contributed by atoms with Gasteiger partial charge in [-0.15, -0.1) is 0 Å². The van der Waals surface area contributed by atoms with Gasteiger partial charge in [0.2, 0.25) is 0 Å². The summed E-state index contributed by atoms with van der Waals surface area (Å²) in [4.78, 5) is 10.9. The summed E-state index contributed by atoms with van der Waals surface area (Å²) in [5.41, 5.74) is 0.312. The summed E-state index contributed by atoms with van der Waals surface area (Å²) in [6.45, 7) is 5.01. The Morgan fingerprint density at radius 1 is 1.67 bits per heavy atom. The van der Waals surface area contributed by atoms with Gasteiger partial charge in [-0.25, -0.2) is 4.79 Å². The van der Waals surface area contributed by atoms with Gasteiger partial charge < -0.3 is 14.4 Å². The lowest BCUT2D eigenvalue weighted by Crippen LogP contribution is -2.13. The Hall–Kier alpha value is -0.560. The van der Waals surface area contributed by atoms with Crippen LogP contribution in [-0.4, -0.2) is 28.4 Å². The molecule has 15 heavy (non-hydrogen) atoms. The molecular formula is C10H14INO3. The van der Waals surface area contributed by atoms with Crippen LogP contribution in [0.25, 0.3) is 0 Å². The molecule has 0 bridgehead atoms. The average molecular weight is 323 g/mol. The highest BCUT2D eigenvalue weighted by atomic mass is 127. The molecule has 0 unspecified atom stereocenters. The van der Waals surface area contributed by atoms with Crippen molar-refractivity contribution < 1.29 is 14.6 Å². The fourth-order valence-electron chi connectivity index (χ4n) is 1.23. The number of halogens is 1. The van der Waals surface area contributed by atoms with Crippen molar-refractivity contribution in [2.24, 2.45) is 0 Å². The summed E-state index contributed by atoms with van der Waals surface area (Å²) < 4.78 is 8.00. The Morgan fingerprint density at radius 3 is 2.87 bits per heavy atom. The maximum absolute atomic E-state index is 10.9. The number of carboxylic acids is 1. The third-order valence-electron chi connectivity index (χ3n) is 1.87. The van der Waals surface area contributed by atoms with Crippen molar-refractivity contribution in [2.75, 3.05) is 6.61 Å². The van der Waals surface area contributed by atoms with Gasteiger partial charge in [0.15, 0.2) is 0 Å². The summed E-state index contributed by atoms with van der Waals surface area (Å²) >= 11 is 2.10. The number of carbonyl (C=O) groups is 1. The molecule has 84 valence electrons. The maximum Gasteiger partial charge on any atom is 0.352 e. The summed E-state index contributed by atoms with van der Waals surface area (Å²) in [5.74, 6) is -0.900. The molecule has 0 aromatic carbocycles. The zero-order valence-corrected chi connectivity index (χ0v) is 10.9. The summed E-state index contributed by atoms with van der Waals surface area (Å²) in [7, 11) is 0. The van der Waals surface area contributed by atoms with Crippen LogP contribution in [0.3, 0.4) is 0 Å². The van der Waals surface area contributed by atoms with Crippen molar-refractivity contribution in [3.05, 3.63) is 21.5 Å². The van der Waals surface area contributed by atoms with E-state index in [9.17, 15) is 4.79 Å². The molecule has 0 radical (unpaired) electrons. The highest BCUT2D eigenvalue weighted by Crippen LogP contribution is 2.11. The molecular weight excluding hydrogens is 309 g/mol. The third kappa shape index (κ3) is 3.83. The van der Waals surface area contributed by atoms with Gasteiger partial charge in [0.05, 0.1) is 12.7 Å². The highest BCUT2D eigenvalue weighted by molar-refractivity contribution is 14.1. The number of rotatable bonds is 5. The number of carboxylic acid groups (broad SMARTS) is 1. The summed E-state index contributed by atoms with van der Waals surface area (Å²) in [5, 5.41) is 8.92. The number of hydrogen-bond donors (Lipinski definition) is 1. The van der Waals surface area contributed by atoms with Gasteiger partial charge in [-0.2, -0.15) is 0 Å². The molecule has 0 aliphatic rings. The first-order chi connectivity index (χ1) is 7.00. The average Bonchev–Trinajstić information content (AvgIpc) is 2.46. The van der Waals surface area contributed by atoms with Gasteiger partial charge in [0.1, 0.15) is 5.69 Å². The number of aromatic nitrogens is 1. The minimum Gasteiger partial charge on any atom is -0.477 e. The number of ether oxygens (including phenoxy) is 1. The zero-order chi connectivity index (χ0) is 11.4. The summed E-state index contributed by atoms with van der Waals surface area (Å²) in [6, 6.07) is 1.65. The Morgan fingerprint density at radius 2 is 2.33 bits per heavy atom. The molecule has 0 aliphatic carbocycles. The molecule has 0 spiro atoms. The first-order valence-electron chi connectivity index (χ1n) is 4.71. The fourth-order valence-corrected chi connectivity index (χ4v) is 1.86. The molecule has 0 saturated carbocycles. The molecule has 1 rings (SSSR count). The van der Waals surface area contributed by atoms with Crippen LogP contribution in [0.1, 0.15) is 24.3 Å². The molecule has 4 nitrogen and oxygen atoms in total. The molecule has 0 aliphatic heterocycles. The molecule has 0 atom stereocenters. The van der Waals surface area contributed by atoms with E-state index in [1.807, 2.05) is 20.0 Å². The molecule has 1 aromatic heterocycles. The smallest absolute Gasteiger partial charge is 0.352 e. The maximum atomic E-state index is 10.9. The summed E-state index contributed by atoms with van der Waals surface area (Å²) in [6.07, 6.45) is 1.99. The van der Waals surface area contributed by atoms with Crippen LogP contribution < -0.4 is 0 Å². The SMILES string of the molecule is CC(C)OCCn1cc(I)cc1C(=O)O. The van der Waals surface area contributed by atoms with E-state index in [1.165, 1.54) is 0 Å². The van der Waals surface area contributed by atoms with Gasteiger partial charge in [-0.05, 0) is 42.5 Å². The lowest BCUT2D eigenvalue weighted by atomic mass is 10.4. The van der Waals surface area contributed by atoms with E-state index in [2.05, 4.69) is 22.6 Å². The Balaban J connectivity index is 2.63. The van der Waals surface area contributed by atoms with Crippen molar-refractivity contribution in [3.63, 3.8) is 0 Å². The van der Waals surface area contributed by atoms with E-state index < -0.39 is 5.97 Å². The van der Waals surface area contributed by atoms with E-state index in [1.54, 1.807) is 10.6 Å². The predicted octanol–water partition coefficient (Wildman–Crippen LogP) is 2.22. The van der Waals surface area contributed by atoms with Crippen molar-refractivity contribution in [3.8, 4) is 0 Å². The number of hydrogen-bond acceptors (Lipinski definition) is 2. The van der Waals surface area contributed by atoms with Gasteiger partial charge in [-0.1, -0.05) is 0 Å². The third-order valence-corrected chi connectivity index (χ3v) is 2.46. The fraction of sp³-hybridized carbons (Fsp3) is 0.500. The Labute approximate surface area is 102 Å². The van der Waals surface area contributed by atoms with Crippen LogP contribution in [0.15, 0.2) is 12.3 Å². The van der Waals surface area contributed by atoms with Crippen LogP contribution in [0.2, 0.25) is 0 Å². The molecule has 1 aromatic rings. The molecule has 0 amide bonds. The van der Waals surface area contributed by atoms with E-state index in [0.29, 0.717) is 18.8 Å². The predicted molar refractivity (Wildman–Crippen MR) is 65.2 cm³/mol. The van der Waals surface area contributed by atoms with Crippen LogP contribution in [0, 0.1) is 3.57 Å². The second kappa shape index (κ2) is 5.50. The van der Waals surface area contributed by atoms with Crippen molar-refractivity contribution in [1.29, 1.82) is 0 Å². The first-order valence-corrected chi connectivity index (χ1v) is 5.79. The molecule has 1 heterocycles. The second-order valence-electron chi connectivity index (χ2n) is 3.46. The molecule has 1 N–H and O–H groups in total. The van der Waals surface area contributed by atoms with Gasteiger partial charge in [0.25, 0.3) is 0 Å². The largest absolute Gasteiger partial charge is 0.477 e. The van der Waals surface area contributed by atoms with Gasteiger partial charge in [-0.3, -0.25) is 0 Å². The Kier molecular flexibility index (Phi) is 4.59. The topological polar surface area (TPSA) is 51.5 Å². The van der Waals surface area contributed by atoms with Crippen LogP contribution in [0.5, 0.6) is 0 Å². The van der Waals surface area contributed by atoms with Crippen LogP contribution >= 0.6 is 22.6 Å². The van der Waals surface area contributed by atoms with Crippen LogP contribution in [-0.2, 0) is 11.3 Å². The zero-order valence-electron chi connectivity index (χ0n) is 8.74. The molecule has 5 heteroatoms. The van der Waals surface area contributed by atoms with Gasteiger partial charge in [0, 0.05) is 16.3 Å². The van der Waals surface area contributed by atoms with Crippen LogP contribution in [0.4, 0.5) is 0 Å². The normalized spacial score (nSPS) is 10.9. The number of aromatic carboxylic acids is 1. The quantitative estimate of drug-likeness (QED) is 0.846. The molecule has 0 saturated heterocycles. The Bertz CT molecular complexity index is 346. The number of nitrogens with zero attached hydrogens (tertiary/aromatic N) is 1. The van der Waals surface area contributed by atoms with Crippen molar-refractivity contribution in [1.82, 2.24) is 4.57 Å². The lowest BCUT2D eigenvalue weighted by molar-refractivity contribution is 0.0650. The van der Waals surface area contributed by atoms with E-state index in [-0.39, 0.29) is 6.10 Å². The standard InChI is InChI=1S/C10H14INO3/c1-7(2)15-4-3-12-6-8(11)5-9(12)10(13)14/h5-7H,3-4H2,1-2H3,(H,13,14). The monoisotopic (exact) mass is 323 g/mol. The van der Waals surface area contributed by atoms with E-state index in [0.717, 1.165) is 3.57 Å². The highest BCUT2D eigenvalue weighted by Gasteiger charge is 2.11. The van der Waals surface area contributed by atoms with E-state index in [4.69, 9.17) is 9.84 Å². The van der Waals surface area contributed by atoms with Crippen molar-refractivity contribution in [2.45, 2.75) is 26.5 Å². The van der Waals surface area contributed by atoms with E-state index >= 15 is 0 Å². The first kappa shape index (κ1) is 12.5.